The zero-order valence-electron chi connectivity index (χ0n) is 25.1. The van der Waals surface area contributed by atoms with Crippen molar-refractivity contribution in [2.24, 2.45) is 4.99 Å². The molecule has 0 bridgehead atoms. The molecule has 0 fully saturated rings. The highest BCUT2D eigenvalue weighted by molar-refractivity contribution is 7.07. The van der Waals surface area contributed by atoms with Gasteiger partial charge in [-0.05, 0) is 60.5 Å². The maximum Gasteiger partial charge on any atom is 0.271 e. The zero-order chi connectivity index (χ0) is 31.8. The lowest BCUT2D eigenvalue weighted by atomic mass is 9.95. The van der Waals surface area contributed by atoms with Gasteiger partial charge in [0.05, 0.1) is 29.0 Å². The molecule has 4 aromatic carbocycles. The Labute approximate surface area is 274 Å². The number of nitrogens with one attached hydrogen (secondary N) is 1. The van der Waals surface area contributed by atoms with E-state index in [0.717, 1.165) is 27.6 Å². The summed E-state index contributed by atoms with van der Waals surface area (Å²) >= 11 is 7.81. The van der Waals surface area contributed by atoms with Gasteiger partial charge < -0.3 is 14.6 Å². The molecule has 9 heteroatoms. The molecular weight excluding hydrogens is 616 g/mol. The van der Waals surface area contributed by atoms with Gasteiger partial charge in [-0.3, -0.25) is 14.2 Å². The van der Waals surface area contributed by atoms with Crippen molar-refractivity contribution in [3.8, 4) is 5.75 Å². The number of carbonyl (C=O) groups excluding carboxylic acids is 1. The Morgan fingerprint density at radius 1 is 1.00 bits per heavy atom. The molecule has 6 aromatic rings. The van der Waals surface area contributed by atoms with Gasteiger partial charge in [-0.1, -0.05) is 89.7 Å². The number of ether oxygens (including phenoxy) is 1. The first-order chi connectivity index (χ1) is 22.4. The first-order valence-electron chi connectivity index (χ1n) is 14.8. The standard InChI is InChI=1S/C37H29ClN4O3S/c1-23-33(35(43)40-27-13-4-3-5-14-27)34(24-12-10-15-28(19-24)45-2)42-36(44)32(46-37(42)39-23)20-26-22-41(31-18-9-7-16-29(26)31)21-25-11-6-8-17-30(25)38/h3-20,22,34H,21H2,1-2H3,(H,40,43)/b32-20+. The summed E-state index contributed by atoms with van der Waals surface area (Å²) < 4.78 is 9.81. The quantitative estimate of drug-likeness (QED) is 0.214. The second-order valence-corrected chi connectivity index (χ2v) is 12.4. The topological polar surface area (TPSA) is 77.6 Å². The lowest BCUT2D eigenvalue weighted by molar-refractivity contribution is -0.113. The molecule has 46 heavy (non-hydrogen) atoms. The van der Waals surface area contributed by atoms with Crippen LogP contribution in [0.1, 0.15) is 29.7 Å². The number of methoxy groups -OCH3 is 1. The number of hydrogen-bond donors (Lipinski definition) is 1. The van der Waals surface area contributed by atoms with Crippen LogP contribution in [0.25, 0.3) is 17.0 Å². The largest absolute Gasteiger partial charge is 0.497 e. The Bertz CT molecular complexity index is 2340. The highest BCUT2D eigenvalue weighted by Crippen LogP contribution is 2.32. The van der Waals surface area contributed by atoms with Crippen LogP contribution in [0.15, 0.2) is 130 Å². The minimum atomic E-state index is -0.709. The smallest absolute Gasteiger partial charge is 0.271 e. The number of hydrogen-bond acceptors (Lipinski definition) is 5. The van der Waals surface area contributed by atoms with Crippen molar-refractivity contribution in [2.45, 2.75) is 19.5 Å². The van der Waals surface area contributed by atoms with E-state index in [1.807, 2.05) is 104 Å². The monoisotopic (exact) mass is 644 g/mol. The molecule has 2 aromatic heterocycles. The molecule has 1 unspecified atom stereocenters. The fraction of sp³-hybridized carbons (Fsp3) is 0.108. The van der Waals surface area contributed by atoms with Crippen molar-refractivity contribution < 1.29 is 9.53 Å². The van der Waals surface area contributed by atoms with Gasteiger partial charge in [0.15, 0.2) is 4.80 Å². The van der Waals surface area contributed by atoms with Crippen LogP contribution in [0, 0.1) is 0 Å². The summed E-state index contributed by atoms with van der Waals surface area (Å²) in [4.78, 5) is 33.5. The molecule has 1 atom stereocenters. The van der Waals surface area contributed by atoms with Gasteiger partial charge in [0.1, 0.15) is 5.75 Å². The predicted molar refractivity (Wildman–Crippen MR) is 184 cm³/mol. The first-order valence-corrected chi connectivity index (χ1v) is 15.9. The number of amides is 1. The Hall–Kier alpha value is -5.18. The average molecular weight is 645 g/mol. The maximum atomic E-state index is 14.3. The van der Waals surface area contributed by atoms with E-state index in [1.54, 1.807) is 11.7 Å². The summed E-state index contributed by atoms with van der Waals surface area (Å²) in [5, 5.41) is 4.72. The molecule has 0 saturated carbocycles. The van der Waals surface area contributed by atoms with E-state index >= 15 is 0 Å². The second-order valence-electron chi connectivity index (χ2n) is 11.0. The molecule has 0 spiro atoms. The normalized spacial score (nSPS) is 14.7. The first kappa shape index (κ1) is 29.5. The lowest BCUT2D eigenvalue weighted by Crippen LogP contribution is -2.40. The van der Waals surface area contributed by atoms with Crippen LogP contribution in [0.3, 0.4) is 0 Å². The number of nitrogens with zero attached hydrogens (tertiary/aromatic N) is 3. The van der Waals surface area contributed by atoms with Crippen LogP contribution in [0.5, 0.6) is 5.75 Å². The summed E-state index contributed by atoms with van der Waals surface area (Å²) in [6, 6.07) is 31.9. The molecule has 1 aliphatic heterocycles. The van der Waals surface area contributed by atoms with Gasteiger partial charge >= 0.3 is 0 Å². The molecule has 0 radical (unpaired) electrons. The van der Waals surface area contributed by atoms with Crippen LogP contribution < -0.4 is 24.9 Å². The van der Waals surface area contributed by atoms with Crippen LogP contribution in [0.2, 0.25) is 5.02 Å². The lowest BCUT2D eigenvalue weighted by Gasteiger charge is -2.25. The highest BCUT2D eigenvalue weighted by atomic mass is 35.5. The number of rotatable bonds is 7. The minimum Gasteiger partial charge on any atom is -0.497 e. The SMILES string of the molecule is COc1cccc(C2C(C(=O)Nc3ccccc3)=C(C)N=c3s/c(=C/c4cn(Cc5ccccc5Cl)c5ccccc45)c(=O)n32)c1. The number of aromatic nitrogens is 2. The van der Waals surface area contributed by atoms with E-state index in [-0.39, 0.29) is 11.5 Å². The number of benzene rings is 4. The van der Waals surface area contributed by atoms with Crippen LogP contribution in [-0.2, 0) is 11.3 Å². The van der Waals surface area contributed by atoms with Crippen LogP contribution in [-0.4, -0.2) is 22.2 Å². The van der Waals surface area contributed by atoms with Crippen molar-refractivity contribution in [1.29, 1.82) is 0 Å². The molecule has 3 heterocycles. The summed E-state index contributed by atoms with van der Waals surface area (Å²) in [7, 11) is 1.59. The Kier molecular flexibility index (Phi) is 7.90. The van der Waals surface area contributed by atoms with Crippen LogP contribution >= 0.6 is 22.9 Å². The Morgan fingerprint density at radius 3 is 2.57 bits per heavy atom. The molecule has 1 aliphatic rings. The minimum absolute atomic E-state index is 0.225. The number of fused-ring (bicyclic) bond motifs is 2. The molecular formula is C37H29ClN4O3S. The Morgan fingerprint density at radius 2 is 1.76 bits per heavy atom. The van der Waals surface area contributed by atoms with Gasteiger partial charge in [0.2, 0.25) is 0 Å². The fourth-order valence-corrected chi connectivity index (χ4v) is 7.16. The van der Waals surface area contributed by atoms with Gasteiger partial charge in [-0.2, -0.15) is 0 Å². The number of para-hydroxylation sites is 2. The molecule has 1 N–H and O–H groups in total. The molecule has 0 aliphatic carbocycles. The number of carbonyl (C=O) groups is 1. The number of allylic oxidation sites excluding steroid dienone is 1. The summed E-state index contributed by atoms with van der Waals surface area (Å²) in [5.74, 6) is 0.306. The van der Waals surface area contributed by atoms with Gasteiger partial charge in [0, 0.05) is 39.9 Å². The number of halogens is 1. The van der Waals surface area contributed by atoms with E-state index < -0.39 is 6.04 Å². The molecule has 0 saturated heterocycles. The third kappa shape index (κ3) is 5.46. The highest BCUT2D eigenvalue weighted by Gasteiger charge is 2.33. The van der Waals surface area contributed by atoms with E-state index in [2.05, 4.69) is 28.2 Å². The summed E-state index contributed by atoms with van der Waals surface area (Å²) in [6.45, 7) is 2.40. The third-order valence-electron chi connectivity index (χ3n) is 8.11. The average Bonchev–Trinajstić information content (AvgIpc) is 3.57. The number of anilines is 1. The molecule has 228 valence electrons. The van der Waals surface area contributed by atoms with Crippen molar-refractivity contribution in [3.05, 3.63) is 162 Å². The Balaban J connectivity index is 1.37. The van der Waals surface area contributed by atoms with Crippen molar-refractivity contribution in [3.63, 3.8) is 0 Å². The maximum absolute atomic E-state index is 14.3. The summed E-state index contributed by atoms with van der Waals surface area (Å²) in [5.41, 5.74) is 5.06. The van der Waals surface area contributed by atoms with Crippen molar-refractivity contribution in [2.75, 3.05) is 12.4 Å². The summed E-state index contributed by atoms with van der Waals surface area (Å²) in [6.07, 6.45) is 3.97. The van der Waals surface area contributed by atoms with Gasteiger partial charge in [0.25, 0.3) is 11.5 Å². The molecule has 7 nitrogen and oxygen atoms in total. The van der Waals surface area contributed by atoms with E-state index in [9.17, 15) is 9.59 Å². The van der Waals surface area contributed by atoms with Crippen molar-refractivity contribution >= 4 is 51.5 Å². The predicted octanol–water partition coefficient (Wildman–Crippen LogP) is 6.54. The van der Waals surface area contributed by atoms with Crippen molar-refractivity contribution in [1.82, 2.24) is 9.13 Å². The number of thiazole rings is 1. The zero-order valence-corrected chi connectivity index (χ0v) is 26.7. The van der Waals surface area contributed by atoms with E-state index in [4.69, 9.17) is 21.3 Å². The van der Waals surface area contributed by atoms with Gasteiger partial charge in [-0.25, -0.2) is 4.99 Å². The molecule has 1 amide bonds. The second kappa shape index (κ2) is 12.3. The van der Waals surface area contributed by atoms with E-state index in [0.29, 0.717) is 43.6 Å². The van der Waals surface area contributed by atoms with E-state index in [1.165, 1.54) is 11.3 Å². The molecule has 7 rings (SSSR count). The van der Waals surface area contributed by atoms with Gasteiger partial charge in [-0.15, -0.1) is 0 Å². The third-order valence-corrected chi connectivity index (χ3v) is 9.46. The van der Waals surface area contributed by atoms with Crippen LogP contribution in [0.4, 0.5) is 5.69 Å². The fourth-order valence-electron chi connectivity index (χ4n) is 5.93.